The van der Waals surface area contributed by atoms with Crippen molar-refractivity contribution in [2.24, 2.45) is 0 Å². The van der Waals surface area contributed by atoms with E-state index in [1.54, 1.807) is 30.3 Å². The molecule has 2 heterocycles. The molecule has 10 heteroatoms. The Hall–Kier alpha value is -5.38. The van der Waals surface area contributed by atoms with Gasteiger partial charge in [0.2, 0.25) is 0 Å². The molecule has 0 radical (unpaired) electrons. The number of hydrogen-bond donors (Lipinski definition) is 1. The van der Waals surface area contributed by atoms with Crippen LogP contribution in [0.15, 0.2) is 108 Å². The maximum atomic E-state index is 13.9. The molecule has 1 atom stereocenters. The number of pyridine rings is 1. The fourth-order valence-electron chi connectivity index (χ4n) is 5.90. The predicted octanol–water partition coefficient (Wildman–Crippen LogP) is 7.23. The second kappa shape index (κ2) is 11.3. The molecule has 1 unspecified atom stereocenters. The Balaban J connectivity index is 1.59. The molecule has 0 saturated carbocycles. The third-order valence-corrected chi connectivity index (χ3v) is 8.12. The van der Waals surface area contributed by atoms with Crippen molar-refractivity contribution in [3.63, 3.8) is 0 Å². The number of carboxylic acids is 1. The number of carbonyl (C=O) groups excluding carboxylic acids is 1. The Bertz CT molecular complexity index is 2000. The number of fused-ring (bicyclic) bond motifs is 2. The molecule has 1 amide bonds. The van der Waals surface area contributed by atoms with Gasteiger partial charge in [-0.1, -0.05) is 84.9 Å². The summed E-state index contributed by atoms with van der Waals surface area (Å²) >= 11 is 0. The summed E-state index contributed by atoms with van der Waals surface area (Å²) < 4.78 is 48.3. The Morgan fingerprint density at radius 2 is 1.58 bits per heavy atom. The molecule has 1 aliphatic heterocycles. The molecule has 1 N–H and O–H groups in total. The minimum Gasteiger partial charge on any atom is -0.479 e. The molecule has 5 aromatic rings. The summed E-state index contributed by atoms with van der Waals surface area (Å²) in [6.07, 6.45) is -5.50. The molecular weight excluding hydrogens is 585 g/mol. The van der Waals surface area contributed by atoms with E-state index in [0.29, 0.717) is 11.1 Å². The highest BCUT2D eigenvalue weighted by Gasteiger charge is 2.50. The SMILES string of the molecule is CC1(C(=O)O)CN(C(=O)OCc2ccccc2)c2c(-c3cccc(C(F)(F)F)c3)c(Cc3cccc4ccccc34)cc(=O)n21. The number of anilines is 1. The zero-order valence-electron chi connectivity index (χ0n) is 24.0. The van der Waals surface area contributed by atoms with E-state index in [-0.39, 0.29) is 30.0 Å². The largest absolute Gasteiger partial charge is 0.479 e. The van der Waals surface area contributed by atoms with Gasteiger partial charge >= 0.3 is 18.2 Å². The van der Waals surface area contributed by atoms with Crippen LogP contribution in [0.5, 0.6) is 0 Å². The molecule has 6 rings (SSSR count). The van der Waals surface area contributed by atoms with Crippen molar-refractivity contribution in [3.05, 3.63) is 136 Å². The molecule has 228 valence electrons. The number of amides is 1. The summed E-state index contributed by atoms with van der Waals surface area (Å²) in [7, 11) is 0. The number of carbonyl (C=O) groups is 2. The number of nitrogens with zero attached hydrogens (tertiary/aromatic N) is 2. The number of benzene rings is 4. The van der Waals surface area contributed by atoms with E-state index in [2.05, 4.69) is 0 Å². The van der Waals surface area contributed by atoms with Crippen molar-refractivity contribution in [3.8, 4) is 11.1 Å². The van der Waals surface area contributed by atoms with Gasteiger partial charge in [0.05, 0.1) is 12.1 Å². The van der Waals surface area contributed by atoms with Crippen molar-refractivity contribution < 1.29 is 32.6 Å². The second-order valence-corrected chi connectivity index (χ2v) is 11.1. The van der Waals surface area contributed by atoms with Crippen LogP contribution in [0.2, 0.25) is 0 Å². The summed E-state index contributed by atoms with van der Waals surface area (Å²) in [6.45, 7) is 0.679. The number of aliphatic carboxylic acids is 1. The van der Waals surface area contributed by atoms with E-state index in [1.165, 1.54) is 25.1 Å². The minimum atomic E-state index is -4.68. The molecule has 0 fully saturated rings. The number of rotatable bonds is 6. The third kappa shape index (κ3) is 5.43. The van der Waals surface area contributed by atoms with Crippen LogP contribution in [0.25, 0.3) is 21.9 Å². The zero-order valence-corrected chi connectivity index (χ0v) is 24.0. The molecule has 1 aliphatic rings. The average molecular weight is 613 g/mol. The number of hydrogen-bond acceptors (Lipinski definition) is 4. The molecular formula is C35H27F3N2O5. The highest BCUT2D eigenvalue weighted by Crippen LogP contribution is 2.44. The summed E-state index contributed by atoms with van der Waals surface area (Å²) in [5.74, 6) is -1.53. The van der Waals surface area contributed by atoms with Crippen LogP contribution in [-0.2, 0) is 34.3 Å². The first-order valence-corrected chi connectivity index (χ1v) is 14.1. The van der Waals surface area contributed by atoms with Crippen LogP contribution in [0.1, 0.15) is 29.2 Å². The van der Waals surface area contributed by atoms with Crippen LogP contribution in [0, 0.1) is 0 Å². The van der Waals surface area contributed by atoms with Gasteiger partial charge in [0, 0.05) is 11.6 Å². The lowest BCUT2D eigenvalue weighted by Crippen LogP contribution is -2.46. The van der Waals surface area contributed by atoms with Crippen molar-refractivity contribution >= 4 is 28.7 Å². The molecule has 7 nitrogen and oxygen atoms in total. The van der Waals surface area contributed by atoms with Crippen molar-refractivity contribution in [1.82, 2.24) is 4.57 Å². The first-order valence-electron chi connectivity index (χ1n) is 14.1. The summed E-state index contributed by atoms with van der Waals surface area (Å²) in [5, 5.41) is 12.1. The van der Waals surface area contributed by atoms with E-state index >= 15 is 0 Å². The lowest BCUT2D eigenvalue weighted by molar-refractivity contribution is -0.145. The quantitative estimate of drug-likeness (QED) is 0.219. The lowest BCUT2D eigenvalue weighted by Gasteiger charge is -2.23. The highest BCUT2D eigenvalue weighted by molar-refractivity contribution is 5.98. The number of carboxylic acid groups (broad SMARTS) is 1. The van der Waals surface area contributed by atoms with Crippen molar-refractivity contribution in [2.75, 3.05) is 11.4 Å². The van der Waals surface area contributed by atoms with Gasteiger partial charge in [0.1, 0.15) is 12.4 Å². The van der Waals surface area contributed by atoms with Crippen molar-refractivity contribution in [2.45, 2.75) is 31.7 Å². The van der Waals surface area contributed by atoms with Crippen LogP contribution in [0.3, 0.4) is 0 Å². The van der Waals surface area contributed by atoms with E-state index in [4.69, 9.17) is 4.74 Å². The molecule has 0 saturated heterocycles. The average Bonchev–Trinajstić information content (AvgIpc) is 3.35. The van der Waals surface area contributed by atoms with Gasteiger partial charge in [0.25, 0.3) is 5.56 Å². The van der Waals surface area contributed by atoms with Gasteiger partial charge in [-0.25, -0.2) is 9.59 Å². The second-order valence-electron chi connectivity index (χ2n) is 11.1. The van der Waals surface area contributed by atoms with Crippen LogP contribution >= 0.6 is 0 Å². The zero-order chi connectivity index (χ0) is 31.9. The first kappa shape index (κ1) is 29.7. The molecule has 0 bridgehead atoms. The smallest absolute Gasteiger partial charge is 0.416 e. The molecule has 1 aromatic heterocycles. The Morgan fingerprint density at radius 1 is 0.889 bits per heavy atom. The van der Waals surface area contributed by atoms with Gasteiger partial charge in [-0.2, -0.15) is 13.2 Å². The minimum absolute atomic E-state index is 0.0688. The molecule has 0 spiro atoms. The maximum Gasteiger partial charge on any atom is 0.416 e. The topological polar surface area (TPSA) is 88.8 Å². The molecule has 45 heavy (non-hydrogen) atoms. The van der Waals surface area contributed by atoms with E-state index < -0.39 is 41.4 Å². The third-order valence-electron chi connectivity index (χ3n) is 8.12. The molecule has 0 aliphatic carbocycles. The first-order chi connectivity index (χ1) is 21.5. The van der Waals surface area contributed by atoms with Gasteiger partial charge in [-0.05, 0) is 58.5 Å². The number of alkyl halides is 3. The predicted molar refractivity (Wildman–Crippen MR) is 163 cm³/mol. The Morgan fingerprint density at radius 3 is 2.31 bits per heavy atom. The lowest BCUT2D eigenvalue weighted by atomic mass is 9.92. The summed E-state index contributed by atoms with van der Waals surface area (Å²) in [6, 6.07) is 27.8. The van der Waals surface area contributed by atoms with Gasteiger partial charge < -0.3 is 9.84 Å². The summed E-state index contributed by atoms with van der Waals surface area (Å²) in [4.78, 5) is 41.2. The van der Waals surface area contributed by atoms with E-state index in [0.717, 1.165) is 37.9 Å². The van der Waals surface area contributed by atoms with E-state index in [9.17, 15) is 32.7 Å². The highest BCUT2D eigenvalue weighted by atomic mass is 19.4. The fourth-order valence-corrected chi connectivity index (χ4v) is 5.90. The van der Waals surface area contributed by atoms with Crippen molar-refractivity contribution in [1.29, 1.82) is 0 Å². The van der Waals surface area contributed by atoms with Gasteiger partial charge in [0.15, 0.2) is 5.54 Å². The van der Waals surface area contributed by atoms with Crippen LogP contribution in [-0.4, -0.2) is 28.3 Å². The number of halogens is 3. The van der Waals surface area contributed by atoms with E-state index in [1.807, 2.05) is 42.5 Å². The van der Waals surface area contributed by atoms with Gasteiger partial charge in [-0.15, -0.1) is 0 Å². The van der Waals surface area contributed by atoms with Crippen LogP contribution < -0.4 is 10.5 Å². The Labute approximate surface area is 255 Å². The van der Waals surface area contributed by atoms with Gasteiger partial charge in [-0.3, -0.25) is 14.3 Å². The number of aromatic nitrogens is 1. The normalized spacial score (nSPS) is 16.0. The van der Waals surface area contributed by atoms with Crippen LogP contribution in [0.4, 0.5) is 23.8 Å². The monoisotopic (exact) mass is 612 g/mol. The maximum absolute atomic E-state index is 13.9. The number of ether oxygens (including phenoxy) is 1. The summed E-state index contributed by atoms with van der Waals surface area (Å²) in [5.41, 5.74) is -1.56. The molecule has 4 aromatic carbocycles. The fraction of sp³-hybridized carbons (Fsp3) is 0.171. The Kier molecular flexibility index (Phi) is 7.44. The standard InChI is InChI=1S/C35H27F3N2O5/c1-34(32(42)43)21-39(33(44)45-20-22-9-3-2-4-10-22)31-30(25-14-8-15-27(18-25)35(36,37)38)26(19-29(41)40(31)34)17-24-13-7-12-23-11-5-6-16-28(23)24/h2-16,18-19H,17,20-21H2,1H3,(H,42,43).